The summed E-state index contributed by atoms with van der Waals surface area (Å²) in [6.45, 7) is 3.25. The maximum atomic E-state index is 4.39. The molecule has 0 aliphatic rings. The zero-order valence-electron chi connectivity index (χ0n) is 11.9. The average Bonchev–Trinajstić information content (AvgIpc) is 2.79. The Morgan fingerprint density at radius 3 is 2.84 bits per heavy atom. The summed E-state index contributed by atoms with van der Waals surface area (Å²) >= 11 is 0. The van der Waals surface area contributed by atoms with Crippen LogP contribution in [0.1, 0.15) is 18.4 Å². The van der Waals surface area contributed by atoms with Crippen LogP contribution in [-0.2, 0) is 13.5 Å². The highest BCUT2D eigenvalue weighted by Crippen LogP contribution is 2.13. The highest BCUT2D eigenvalue weighted by atomic mass is 15.0. The number of aromatic nitrogens is 2. The molecule has 0 fully saturated rings. The van der Waals surface area contributed by atoms with Gasteiger partial charge in [-0.15, -0.1) is 0 Å². The number of nitrogens with zero attached hydrogens (tertiary/aromatic N) is 2. The Morgan fingerprint density at radius 1 is 1.16 bits per heavy atom. The zero-order valence-corrected chi connectivity index (χ0v) is 11.9. The third-order valence-corrected chi connectivity index (χ3v) is 3.41. The quantitative estimate of drug-likeness (QED) is 0.710. The van der Waals surface area contributed by atoms with Gasteiger partial charge >= 0.3 is 0 Å². The predicted molar refractivity (Wildman–Crippen MR) is 80.4 cm³/mol. The van der Waals surface area contributed by atoms with E-state index in [-0.39, 0.29) is 0 Å². The molecule has 0 saturated heterocycles. The Kier molecular flexibility index (Phi) is 5.36. The fourth-order valence-electron chi connectivity index (χ4n) is 2.25. The molecule has 0 bridgehead atoms. The van der Waals surface area contributed by atoms with Crippen LogP contribution in [0.4, 0.5) is 0 Å². The van der Waals surface area contributed by atoms with Crippen LogP contribution in [0.5, 0.6) is 0 Å². The van der Waals surface area contributed by atoms with Crippen molar-refractivity contribution >= 4 is 11.0 Å². The van der Waals surface area contributed by atoms with Gasteiger partial charge in [0.2, 0.25) is 0 Å². The molecule has 0 saturated carbocycles. The molecule has 2 rings (SSSR count). The second-order valence-corrected chi connectivity index (χ2v) is 4.99. The number of nitrogens with one attached hydrogen (secondary N) is 2. The molecule has 0 aliphatic heterocycles. The van der Waals surface area contributed by atoms with Crippen molar-refractivity contribution in [3.05, 3.63) is 30.1 Å². The van der Waals surface area contributed by atoms with E-state index in [0.717, 1.165) is 31.6 Å². The molecular formula is C15H24N4. The largest absolute Gasteiger partial charge is 0.334 e. The molecule has 0 aliphatic carbocycles. The van der Waals surface area contributed by atoms with Crippen molar-refractivity contribution in [1.82, 2.24) is 20.2 Å². The van der Waals surface area contributed by atoms with E-state index in [1.807, 2.05) is 20.4 Å². The number of unbranched alkanes of at least 4 members (excludes halogenated alkanes) is 1. The van der Waals surface area contributed by atoms with Gasteiger partial charge in [-0.05, 0) is 63.6 Å². The van der Waals surface area contributed by atoms with Crippen LogP contribution in [0.3, 0.4) is 0 Å². The number of benzene rings is 1. The summed E-state index contributed by atoms with van der Waals surface area (Å²) in [7, 11) is 4.03. The van der Waals surface area contributed by atoms with Crippen LogP contribution < -0.4 is 10.6 Å². The number of aryl methyl sites for hydroxylation is 1. The van der Waals surface area contributed by atoms with Crippen molar-refractivity contribution in [2.24, 2.45) is 7.05 Å². The van der Waals surface area contributed by atoms with Gasteiger partial charge in [-0.25, -0.2) is 4.98 Å². The van der Waals surface area contributed by atoms with Gasteiger partial charge in [-0.1, -0.05) is 6.07 Å². The molecule has 4 nitrogen and oxygen atoms in total. The van der Waals surface area contributed by atoms with Gasteiger partial charge in [0.15, 0.2) is 0 Å². The van der Waals surface area contributed by atoms with Crippen molar-refractivity contribution in [2.75, 3.05) is 26.7 Å². The lowest BCUT2D eigenvalue weighted by Crippen LogP contribution is -2.19. The number of rotatable bonds is 8. The van der Waals surface area contributed by atoms with Gasteiger partial charge < -0.3 is 15.2 Å². The van der Waals surface area contributed by atoms with Gasteiger partial charge in [0, 0.05) is 7.05 Å². The molecule has 0 amide bonds. The van der Waals surface area contributed by atoms with Crippen molar-refractivity contribution in [3.63, 3.8) is 0 Å². The van der Waals surface area contributed by atoms with Crippen LogP contribution >= 0.6 is 0 Å². The SMILES string of the molecule is CNCCCCNCCc1ccc2c(c1)ncn2C. The Hall–Kier alpha value is -1.39. The molecule has 0 spiro atoms. The fourth-order valence-corrected chi connectivity index (χ4v) is 2.25. The molecule has 1 aromatic carbocycles. The molecular weight excluding hydrogens is 236 g/mol. The topological polar surface area (TPSA) is 41.9 Å². The van der Waals surface area contributed by atoms with E-state index in [0.29, 0.717) is 0 Å². The first-order valence-corrected chi connectivity index (χ1v) is 7.06. The molecule has 1 heterocycles. The molecule has 4 heteroatoms. The molecule has 1 aromatic heterocycles. The second kappa shape index (κ2) is 7.26. The lowest BCUT2D eigenvalue weighted by atomic mass is 10.1. The summed E-state index contributed by atoms with van der Waals surface area (Å²) in [5.74, 6) is 0. The third-order valence-electron chi connectivity index (χ3n) is 3.41. The fraction of sp³-hybridized carbons (Fsp3) is 0.533. The first kappa shape index (κ1) is 14.0. The maximum absolute atomic E-state index is 4.39. The minimum Gasteiger partial charge on any atom is -0.334 e. The van der Waals surface area contributed by atoms with Crippen LogP contribution in [0.25, 0.3) is 11.0 Å². The summed E-state index contributed by atoms with van der Waals surface area (Å²) in [6.07, 6.45) is 5.41. The Morgan fingerprint density at radius 2 is 2.00 bits per heavy atom. The number of fused-ring (bicyclic) bond motifs is 1. The summed E-state index contributed by atoms with van der Waals surface area (Å²) < 4.78 is 2.05. The lowest BCUT2D eigenvalue weighted by Gasteiger charge is -2.05. The Balaban J connectivity index is 1.72. The highest BCUT2D eigenvalue weighted by Gasteiger charge is 2.00. The number of hydrogen-bond acceptors (Lipinski definition) is 3. The van der Waals surface area contributed by atoms with E-state index in [4.69, 9.17) is 0 Å². The van der Waals surface area contributed by atoms with Gasteiger partial charge in [-0.2, -0.15) is 0 Å². The van der Waals surface area contributed by atoms with Gasteiger partial charge in [-0.3, -0.25) is 0 Å². The van der Waals surface area contributed by atoms with E-state index in [1.54, 1.807) is 0 Å². The monoisotopic (exact) mass is 260 g/mol. The average molecular weight is 260 g/mol. The molecule has 104 valence electrons. The van der Waals surface area contributed by atoms with Gasteiger partial charge in [0.05, 0.1) is 17.4 Å². The number of imidazole rings is 1. The van der Waals surface area contributed by atoms with Crippen LogP contribution in [0.15, 0.2) is 24.5 Å². The van der Waals surface area contributed by atoms with E-state index in [9.17, 15) is 0 Å². The lowest BCUT2D eigenvalue weighted by molar-refractivity contribution is 0.606. The maximum Gasteiger partial charge on any atom is 0.0955 e. The summed E-state index contributed by atoms with van der Waals surface area (Å²) in [6, 6.07) is 6.55. The van der Waals surface area contributed by atoms with Crippen molar-refractivity contribution < 1.29 is 0 Å². The first-order chi connectivity index (χ1) is 9.31. The number of hydrogen-bond donors (Lipinski definition) is 2. The normalized spacial score (nSPS) is 11.3. The zero-order chi connectivity index (χ0) is 13.5. The molecule has 0 unspecified atom stereocenters. The first-order valence-electron chi connectivity index (χ1n) is 7.06. The van der Waals surface area contributed by atoms with Gasteiger partial charge in [0.1, 0.15) is 0 Å². The Labute approximate surface area is 115 Å². The van der Waals surface area contributed by atoms with E-state index < -0.39 is 0 Å². The van der Waals surface area contributed by atoms with Crippen molar-refractivity contribution in [3.8, 4) is 0 Å². The second-order valence-electron chi connectivity index (χ2n) is 4.99. The predicted octanol–water partition coefficient (Wildman–Crippen LogP) is 1.70. The molecule has 0 atom stereocenters. The minimum absolute atomic E-state index is 1.04. The van der Waals surface area contributed by atoms with E-state index >= 15 is 0 Å². The summed E-state index contributed by atoms with van der Waals surface area (Å²) in [5.41, 5.74) is 3.65. The van der Waals surface area contributed by atoms with Crippen LogP contribution in [0.2, 0.25) is 0 Å². The van der Waals surface area contributed by atoms with E-state index in [2.05, 4.69) is 38.4 Å². The van der Waals surface area contributed by atoms with Gasteiger partial charge in [0.25, 0.3) is 0 Å². The molecule has 19 heavy (non-hydrogen) atoms. The van der Waals surface area contributed by atoms with Crippen LogP contribution in [0, 0.1) is 0 Å². The summed E-state index contributed by atoms with van der Waals surface area (Å²) in [4.78, 5) is 4.39. The highest BCUT2D eigenvalue weighted by molar-refractivity contribution is 5.75. The molecule has 2 N–H and O–H groups in total. The summed E-state index contributed by atoms with van der Waals surface area (Å²) in [5, 5.41) is 6.66. The standard InChI is InChI=1S/C15H24N4/c1-16-8-3-4-9-17-10-7-13-5-6-15-14(11-13)18-12-19(15)2/h5-6,11-12,16-17H,3-4,7-10H2,1-2H3. The minimum atomic E-state index is 1.04. The Bertz CT molecular complexity index is 504. The van der Waals surface area contributed by atoms with Crippen LogP contribution in [-0.4, -0.2) is 36.2 Å². The molecule has 0 radical (unpaired) electrons. The molecule has 2 aromatic rings. The third kappa shape index (κ3) is 4.04. The smallest absolute Gasteiger partial charge is 0.0955 e. The van der Waals surface area contributed by atoms with E-state index in [1.165, 1.54) is 23.9 Å². The van der Waals surface area contributed by atoms with Crippen molar-refractivity contribution in [2.45, 2.75) is 19.3 Å². The van der Waals surface area contributed by atoms with Crippen molar-refractivity contribution in [1.29, 1.82) is 0 Å².